The zero-order valence-electron chi connectivity index (χ0n) is 23.5. The van der Waals surface area contributed by atoms with Crippen LogP contribution in [0.2, 0.25) is 0 Å². The summed E-state index contributed by atoms with van der Waals surface area (Å²) in [7, 11) is 0. The molecule has 1 aliphatic rings. The molecule has 6 nitrogen and oxygen atoms in total. The molecule has 38 heavy (non-hydrogen) atoms. The molecule has 0 aliphatic heterocycles. The Labute approximate surface area is 229 Å². The predicted molar refractivity (Wildman–Crippen MR) is 154 cm³/mol. The summed E-state index contributed by atoms with van der Waals surface area (Å²) in [4.78, 5) is 28.3. The molecule has 0 saturated heterocycles. The minimum absolute atomic E-state index is 0.0508. The summed E-state index contributed by atoms with van der Waals surface area (Å²) in [5, 5.41) is 17.8. The molecule has 3 atom stereocenters. The quantitative estimate of drug-likeness (QED) is 0.319. The Hall–Kier alpha value is -2.70. The summed E-state index contributed by atoms with van der Waals surface area (Å²) in [5.74, 6) is 0.306. The van der Waals surface area contributed by atoms with Crippen molar-refractivity contribution >= 4 is 11.8 Å². The second kappa shape index (κ2) is 15.6. The highest BCUT2D eigenvalue weighted by atomic mass is 16.3. The van der Waals surface area contributed by atoms with Gasteiger partial charge in [0.1, 0.15) is 0 Å². The summed E-state index contributed by atoms with van der Waals surface area (Å²) in [6.45, 7) is 8.13. The van der Waals surface area contributed by atoms with E-state index < -0.39 is 12.1 Å². The number of carbonyl (C=O) groups excluding carboxylic acids is 2. The maximum absolute atomic E-state index is 13.4. The lowest BCUT2D eigenvalue weighted by molar-refractivity contribution is 0.0755. The predicted octanol–water partition coefficient (Wildman–Crippen LogP) is 5.21. The second-order valence-electron chi connectivity index (χ2n) is 10.8. The number of aliphatic hydroxyl groups is 1. The minimum Gasteiger partial charge on any atom is -0.390 e. The first-order valence-electron chi connectivity index (χ1n) is 14.6. The first-order valence-corrected chi connectivity index (χ1v) is 14.6. The average molecular weight is 522 g/mol. The van der Waals surface area contributed by atoms with Crippen LogP contribution in [-0.2, 0) is 6.42 Å². The Morgan fingerprint density at radius 2 is 1.61 bits per heavy atom. The standard InChI is InChI=1S/C32H47N3O3/c1-4-19-35(20-5-2)32(38)28-18-12-17-27(22-28)31(37)34-29(21-25-13-8-6-9-14-25)30(36)23-33-24(3)26-15-10-7-11-16-26/h6,8-9,12-14,17-18,22,24,26,29-30,33,36H,4-5,7,10-11,15-16,19-21,23H2,1-3H3,(H,34,37)/t24-,29-,30+/m0/s1. The third-order valence-corrected chi connectivity index (χ3v) is 7.73. The third-order valence-electron chi connectivity index (χ3n) is 7.73. The van der Waals surface area contributed by atoms with Gasteiger partial charge in [-0.25, -0.2) is 0 Å². The van der Waals surface area contributed by atoms with Gasteiger partial charge in [-0.1, -0.05) is 69.5 Å². The van der Waals surface area contributed by atoms with Gasteiger partial charge in [0.15, 0.2) is 0 Å². The maximum atomic E-state index is 13.4. The van der Waals surface area contributed by atoms with E-state index in [4.69, 9.17) is 0 Å². The molecule has 1 aliphatic carbocycles. The fourth-order valence-corrected chi connectivity index (χ4v) is 5.48. The highest BCUT2D eigenvalue weighted by Crippen LogP contribution is 2.26. The van der Waals surface area contributed by atoms with Crippen LogP contribution in [-0.4, -0.2) is 59.6 Å². The lowest BCUT2D eigenvalue weighted by atomic mass is 9.84. The number of aliphatic hydroxyl groups excluding tert-OH is 1. The first-order chi connectivity index (χ1) is 18.4. The van der Waals surface area contributed by atoms with Crippen LogP contribution < -0.4 is 10.6 Å². The normalized spacial score (nSPS) is 16.4. The molecule has 2 aromatic rings. The van der Waals surface area contributed by atoms with Crippen molar-refractivity contribution in [1.29, 1.82) is 0 Å². The van der Waals surface area contributed by atoms with Crippen LogP contribution in [0, 0.1) is 5.92 Å². The van der Waals surface area contributed by atoms with Crippen LogP contribution in [0.3, 0.4) is 0 Å². The SMILES string of the molecule is CCCN(CCC)C(=O)c1cccc(C(=O)N[C@@H](Cc2ccccc2)[C@H](O)CN[C@@H](C)C2CCCCC2)c1. The lowest BCUT2D eigenvalue weighted by Gasteiger charge is -2.31. The van der Waals surface area contributed by atoms with Gasteiger partial charge in [-0.05, 0) is 68.7 Å². The number of nitrogens with one attached hydrogen (secondary N) is 2. The van der Waals surface area contributed by atoms with E-state index in [1.54, 1.807) is 24.3 Å². The number of carbonyl (C=O) groups is 2. The molecule has 6 heteroatoms. The van der Waals surface area contributed by atoms with Crippen LogP contribution in [0.25, 0.3) is 0 Å². The van der Waals surface area contributed by atoms with Gasteiger partial charge in [0.2, 0.25) is 0 Å². The highest BCUT2D eigenvalue weighted by molar-refractivity contribution is 5.99. The monoisotopic (exact) mass is 521 g/mol. The van der Waals surface area contributed by atoms with Crippen LogP contribution in [0.5, 0.6) is 0 Å². The molecule has 2 aromatic carbocycles. The van der Waals surface area contributed by atoms with Gasteiger partial charge in [-0.2, -0.15) is 0 Å². The molecule has 0 bridgehead atoms. The zero-order valence-corrected chi connectivity index (χ0v) is 23.5. The molecule has 0 heterocycles. The summed E-state index contributed by atoms with van der Waals surface area (Å²) in [6.07, 6.45) is 7.89. The molecule has 0 unspecified atom stereocenters. The number of hydrogen-bond acceptors (Lipinski definition) is 4. The number of hydrogen-bond donors (Lipinski definition) is 3. The molecule has 1 fully saturated rings. The van der Waals surface area contributed by atoms with Crippen molar-refractivity contribution in [3.63, 3.8) is 0 Å². The van der Waals surface area contributed by atoms with Gasteiger partial charge in [0.05, 0.1) is 12.1 Å². The molecule has 0 radical (unpaired) electrons. The second-order valence-corrected chi connectivity index (χ2v) is 10.8. The Morgan fingerprint density at radius 1 is 0.947 bits per heavy atom. The summed E-state index contributed by atoms with van der Waals surface area (Å²) >= 11 is 0. The first kappa shape index (κ1) is 29.9. The van der Waals surface area contributed by atoms with Crippen molar-refractivity contribution in [2.75, 3.05) is 19.6 Å². The molecular weight excluding hydrogens is 474 g/mol. The Balaban J connectivity index is 1.70. The fraction of sp³-hybridized carbons (Fsp3) is 0.562. The summed E-state index contributed by atoms with van der Waals surface area (Å²) in [6, 6.07) is 16.7. The number of amides is 2. The minimum atomic E-state index is -0.750. The molecule has 0 aromatic heterocycles. The van der Waals surface area contributed by atoms with Gasteiger partial charge in [0.25, 0.3) is 11.8 Å². The molecule has 1 saturated carbocycles. The molecule has 208 valence electrons. The Kier molecular flexibility index (Phi) is 12.3. The van der Waals surface area contributed by atoms with Gasteiger partial charge in [0, 0.05) is 36.8 Å². The largest absolute Gasteiger partial charge is 0.390 e. The van der Waals surface area contributed by atoms with Crippen molar-refractivity contribution in [2.24, 2.45) is 5.92 Å². The lowest BCUT2D eigenvalue weighted by Crippen LogP contribution is -2.50. The van der Waals surface area contributed by atoms with Gasteiger partial charge in [-0.15, -0.1) is 0 Å². The maximum Gasteiger partial charge on any atom is 0.253 e. The van der Waals surface area contributed by atoms with E-state index in [2.05, 4.69) is 31.4 Å². The van der Waals surface area contributed by atoms with Crippen molar-refractivity contribution in [1.82, 2.24) is 15.5 Å². The van der Waals surface area contributed by atoms with Gasteiger partial charge < -0.3 is 20.6 Å². The molecular formula is C32H47N3O3. The van der Waals surface area contributed by atoms with E-state index >= 15 is 0 Å². The van der Waals surface area contributed by atoms with E-state index in [1.807, 2.05) is 35.2 Å². The van der Waals surface area contributed by atoms with Crippen molar-refractivity contribution in [3.8, 4) is 0 Å². The third kappa shape index (κ3) is 8.95. The number of rotatable bonds is 14. The fourth-order valence-electron chi connectivity index (χ4n) is 5.48. The summed E-state index contributed by atoms with van der Waals surface area (Å²) in [5.41, 5.74) is 2.00. The smallest absolute Gasteiger partial charge is 0.253 e. The highest BCUT2D eigenvalue weighted by Gasteiger charge is 2.26. The van der Waals surface area contributed by atoms with E-state index in [1.165, 1.54) is 32.1 Å². The van der Waals surface area contributed by atoms with E-state index in [-0.39, 0.29) is 11.8 Å². The van der Waals surface area contributed by atoms with Crippen molar-refractivity contribution in [3.05, 3.63) is 71.3 Å². The van der Waals surface area contributed by atoms with Crippen LogP contribution in [0.1, 0.15) is 92.0 Å². The van der Waals surface area contributed by atoms with Crippen LogP contribution in [0.4, 0.5) is 0 Å². The van der Waals surface area contributed by atoms with Crippen molar-refractivity contribution in [2.45, 2.75) is 90.3 Å². The number of nitrogens with zero attached hydrogens (tertiary/aromatic N) is 1. The van der Waals surface area contributed by atoms with Crippen LogP contribution in [0.15, 0.2) is 54.6 Å². The van der Waals surface area contributed by atoms with Crippen molar-refractivity contribution < 1.29 is 14.7 Å². The van der Waals surface area contributed by atoms with Crippen LogP contribution >= 0.6 is 0 Å². The molecule has 2 amide bonds. The van der Waals surface area contributed by atoms with Gasteiger partial charge >= 0.3 is 0 Å². The summed E-state index contributed by atoms with van der Waals surface area (Å²) < 4.78 is 0. The molecule has 3 N–H and O–H groups in total. The number of benzene rings is 2. The average Bonchev–Trinajstić information content (AvgIpc) is 2.96. The Bertz CT molecular complexity index is 984. The topological polar surface area (TPSA) is 81.7 Å². The molecule has 0 spiro atoms. The van der Waals surface area contributed by atoms with E-state index in [0.717, 1.165) is 18.4 Å². The van der Waals surface area contributed by atoms with E-state index in [9.17, 15) is 14.7 Å². The van der Waals surface area contributed by atoms with E-state index in [0.29, 0.717) is 49.1 Å². The Morgan fingerprint density at radius 3 is 2.26 bits per heavy atom. The zero-order chi connectivity index (χ0) is 27.3. The van der Waals surface area contributed by atoms with Gasteiger partial charge in [-0.3, -0.25) is 9.59 Å². The molecule has 3 rings (SSSR count).